The molecule has 0 bridgehead atoms. The molecule has 0 radical (unpaired) electrons. The highest BCUT2D eigenvalue weighted by molar-refractivity contribution is 7.99. The van der Waals surface area contributed by atoms with Gasteiger partial charge in [0, 0.05) is 28.6 Å². The van der Waals surface area contributed by atoms with Gasteiger partial charge in [-0.25, -0.2) is 0 Å². The van der Waals surface area contributed by atoms with E-state index in [2.05, 4.69) is 15.4 Å². The zero-order chi connectivity index (χ0) is 20.5. The number of aromatic nitrogens is 4. The highest BCUT2D eigenvalue weighted by Crippen LogP contribution is 2.27. The molecule has 148 valence electrons. The fourth-order valence-electron chi connectivity index (χ4n) is 3.25. The van der Waals surface area contributed by atoms with Crippen LogP contribution in [0.1, 0.15) is 33.1 Å². The van der Waals surface area contributed by atoms with Gasteiger partial charge in [-0.2, -0.15) is 0 Å². The first kappa shape index (κ1) is 19.2. The van der Waals surface area contributed by atoms with Crippen molar-refractivity contribution in [2.75, 3.05) is 5.75 Å². The topological polar surface area (TPSA) is 87.0 Å². The number of nitrogens with zero attached hydrogens (tertiary/aromatic N) is 4. The summed E-state index contributed by atoms with van der Waals surface area (Å²) in [5.74, 6) is 2.04. The summed E-state index contributed by atoms with van der Waals surface area (Å²) < 4.78 is 12.8. The number of benzene rings is 1. The number of Topliss-reactive ketones (excluding diaryl/α,β-unsaturated/α-hetero) is 1. The van der Waals surface area contributed by atoms with E-state index >= 15 is 0 Å². The van der Waals surface area contributed by atoms with Gasteiger partial charge in [0.15, 0.2) is 11.6 Å². The van der Waals surface area contributed by atoms with Crippen molar-refractivity contribution in [3.8, 4) is 17.3 Å². The summed E-state index contributed by atoms with van der Waals surface area (Å²) >= 11 is 1.24. The second-order valence-corrected chi connectivity index (χ2v) is 7.74. The SMILES string of the molecule is Cc1cc(-n2c(C)cc(C(=O)CSc3nnc(-c4ccccc4C)o3)c2C)no1. The second kappa shape index (κ2) is 7.71. The van der Waals surface area contributed by atoms with Crippen molar-refractivity contribution in [3.63, 3.8) is 0 Å². The predicted octanol–water partition coefficient (Wildman–Crippen LogP) is 4.72. The minimum Gasteiger partial charge on any atom is -0.411 e. The molecule has 0 aliphatic rings. The Balaban J connectivity index is 1.49. The Morgan fingerprint density at radius 2 is 1.90 bits per heavy atom. The molecule has 0 spiro atoms. The molecular weight excluding hydrogens is 388 g/mol. The Kier molecular flexibility index (Phi) is 5.10. The Bertz CT molecular complexity index is 1190. The lowest BCUT2D eigenvalue weighted by atomic mass is 10.1. The molecule has 0 N–H and O–H groups in total. The third kappa shape index (κ3) is 3.75. The summed E-state index contributed by atoms with van der Waals surface area (Å²) in [5, 5.41) is 12.6. The maximum Gasteiger partial charge on any atom is 0.277 e. The highest BCUT2D eigenvalue weighted by Gasteiger charge is 2.20. The van der Waals surface area contributed by atoms with E-state index in [4.69, 9.17) is 8.94 Å². The Morgan fingerprint density at radius 3 is 2.62 bits per heavy atom. The van der Waals surface area contributed by atoms with Gasteiger partial charge in [-0.05, 0) is 45.4 Å². The average molecular weight is 408 g/mol. The lowest BCUT2D eigenvalue weighted by Crippen LogP contribution is -2.05. The van der Waals surface area contributed by atoms with Crippen molar-refractivity contribution in [1.82, 2.24) is 19.9 Å². The molecule has 3 aromatic heterocycles. The number of hydrogen-bond donors (Lipinski definition) is 0. The summed E-state index contributed by atoms with van der Waals surface area (Å²) in [6.45, 7) is 7.66. The molecule has 7 nitrogen and oxygen atoms in total. The van der Waals surface area contributed by atoms with Crippen molar-refractivity contribution in [2.24, 2.45) is 0 Å². The molecule has 4 aromatic rings. The van der Waals surface area contributed by atoms with Gasteiger partial charge >= 0.3 is 0 Å². The largest absolute Gasteiger partial charge is 0.411 e. The first-order valence-electron chi connectivity index (χ1n) is 9.12. The molecule has 1 aromatic carbocycles. The number of aryl methyl sites for hydroxylation is 3. The van der Waals surface area contributed by atoms with E-state index in [0.29, 0.717) is 22.5 Å². The molecular formula is C21H20N4O3S. The summed E-state index contributed by atoms with van der Waals surface area (Å²) in [7, 11) is 0. The Hall–Kier alpha value is -3.13. The van der Waals surface area contributed by atoms with Crippen LogP contribution in [-0.4, -0.2) is 31.5 Å². The number of carbonyl (C=O) groups is 1. The van der Waals surface area contributed by atoms with Crippen molar-refractivity contribution in [2.45, 2.75) is 32.9 Å². The van der Waals surface area contributed by atoms with Gasteiger partial charge in [0.25, 0.3) is 5.22 Å². The number of hydrogen-bond acceptors (Lipinski definition) is 7. The standard InChI is InChI=1S/C21H20N4O3S/c1-12-7-5-6-8-16(12)20-22-23-21(27-20)29-11-18(26)17-9-13(2)25(15(17)4)19-10-14(3)28-24-19/h5-10H,11H2,1-4H3. The smallest absolute Gasteiger partial charge is 0.277 e. The second-order valence-electron chi connectivity index (χ2n) is 6.82. The molecule has 3 heterocycles. The summed E-state index contributed by atoms with van der Waals surface area (Å²) in [6.07, 6.45) is 0. The Morgan fingerprint density at radius 1 is 1.10 bits per heavy atom. The van der Waals surface area contributed by atoms with Crippen LogP contribution in [0.2, 0.25) is 0 Å². The van der Waals surface area contributed by atoms with Gasteiger partial charge in [0.05, 0.1) is 5.75 Å². The molecule has 0 atom stereocenters. The van der Waals surface area contributed by atoms with Crippen LogP contribution in [0.25, 0.3) is 17.3 Å². The average Bonchev–Trinajstić information content (AvgIpc) is 3.40. The third-order valence-corrected chi connectivity index (χ3v) is 5.50. The molecule has 0 aliphatic heterocycles. The monoisotopic (exact) mass is 408 g/mol. The van der Waals surface area contributed by atoms with E-state index in [1.807, 2.05) is 68.7 Å². The van der Waals surface area contributed by atoms with Crippen LogP contribution in [0.5, 0.6) is 0 Å². The zero-order valence-corrected chi connectivity index (χ0v) is 17.4. The molecule has 4 rings (SSSR count). The number of thioether (sulfide) groups is 1. The van der Waals surface area contributed by atoms with Crippen LogP contribution in [0, 0.1) is 27.7 Å². The highest BCUT2D eigenvalue weighted by atomic mass is 32.2. The quantitative estimate of drug-likeness (QED) is 0.337. The van der Waals surface area contributed by atoms with Gasteiger partial charge in [0.2, 0.25) is 5.89 Å². The van der Waals surface area contributed by atoms with Gasteiger partial charge in [0.1, 0.15) is 5.76 Å². The molecule has 0 saturated heterocycles. The minimum atomic E-state index is -0.00907. The summed E-state index contributed by atoms with van der Waals surface area (Å²) in [4.78, 5) is 12.8. The molecule has 0 unspecified atom stereocenters. The summed E-state index contributed by atoms with van der Waals surface area (Å²) in [6, 6.07) is 11.5. The van der Waals surface area contributed by atoms with Crippen LogP contribution in [0.4, 0.5) is 0 Å². The van der Waals surface area contributed by atoms with Crippen molar-refractivity contribution < 1.29 is 13.7 Å². The van der Waals surface area contributed by atoms with E-state index in [1.165, 1.54) is 11.8 Å². The maximum absolute atomic E-state index is 12.8. The molecule has 0 amide bonds. The van der Waals surface area contributed by atoms with Crippen LogP contribution in [0.3, 0.4) is 0 Å². The van der Waals surface area contributed by atoms with Crippen molar-refractivity contribution in [3.05, 3.63) is 64.7 Å². The lowest BCUT2D eigenvalue weighted by molar-refractivity contribution is 0.102. The van der Waals surface area contributed by atoms with Gasteiger partial charge in [-0.1, -0.05) is 35.1 Å². The molecule has 0 saturated carbocycles. The lowest BCUT2D eigenvalue weighted by Gasteiger charge is -2.04. The van der Waals surface area contributed by atoms with E-state index in [-0.39, 0.29) is 11.5 Å². The number of carbonyl (C=O) groups excluding carboxylic acids is 1. The van der Waals surface area contributed by atoms with Gasteiger partial charge in [-0.3, -0.25) is 9.36 Å². The molecule has 0 fully saturated rings. The van der Waals surface area contributed by atoms with Gasteiger partial charge < -0.3 is 8.94 Å². The van der Waals surface area contributed by atoms with Crippen molar-refractivity contribution in [1.29, 1.82) is 0 Å². The van der Waals surface area contributed by atoms with E-state index in [9.17, 15) is 4.79 Å². The fourth-order valence-corrected chi connectivity index (χ4v) is 3.90. The maximum atomic E-state index is 12.8. The van der Waals surface area contributed by atoms with Crippen LogP contribution < -0.4 is 0 Å². The van der Waals surface area contributed by atoms with E-state index < -0.39 is 0 Å². The van der Waals surface area contributed by atoms with E-state index in [1.54, 1.807) is 0 Å². The van der Waals surface area contributed by atoms with Gasteiger partial charge in [-0.15, -0.1) is 10.2 Å². The fraction of sp³-hybridized carbons (Fsp3) is 0.238. The molecule has 0 aliphatic carbocycles. The first-order valence-corrected chi connectivity index (χ1v) is 10.1. The summed E-state index contributed by atoms with van der Waals surface area (Å²) in [5.41, 5.74) is 4.34. The number of ketones is 1. The van der Waals surface area contributed by atoms with E-state index in [0.717, 1.165) is 28.3 Å². The normalized spacial score (nSPS) is 11.2. The van der Waals surface area contributed by atoms with Crippen LogP contribution in [-0.2, 0) is 0 Å². The predicted molar refractivity (Wildman–Crippen MR) is 110 cm³/mol. The number of rotatable bonds is 6. The zero-order valence-electron chi connectivity index (χ0n) is 16.6. The molecule has 29 heavy (non-hydrogen) atoms. The first-order chi connectivity index (χ1) is 13.9. The van der Waals surface area contributed by atoms with Crippen LogP contribution >= 0.6 is 11.8 Å². The molecule has 8 heteroatoms. The van der Waals surface area contributed by atoms with Crippen LogP contribution in [0.15, 0.2) is 50.6 Å². The third-order valence-electron chi connectivity index (χ3n) is 4.68. The minimum absolute atomic E-state index is 0.00907. The Labute approximate surface area is 172 Å². The van der Waals surface area contributed by atoms with Crippen molar-refractivity contribution >= 4 is 17.5 Å².